The predicted octanol–water partition coefficient (Wildman–Crippen LogP) is 2.58. The smallest absolute Gasteiger partial charge is 0.219 e. The fraction of sp³-hybridized carbons (Fsp3) is 0.533. The molecular weight excluding hydrogens is 210 g/mol. The Labute approximate surface area is 104 Å². The summed E-state index contributed by atoms with van der Waals surface area (Å²) >= 11 is 0. The molecule has 2 nitrogen and oxygen atoms in total. The Morgan fingerprint density at radius 2 is 2.18 bits per heavy atom. The van der Waals surface area contributed by atoms with Crippen LogP contribution in [0.4, 0.5) is 0 Å². The van der Waals surface area contributed by atoms with Gasteiger partial charge in [-0.1, -0.05) is 25.1 Å². The van der Waals surface area contributed by atoms with Crippen molar-refractivity contribution in [2.24, 2.45) is 0 Å². The molecule has 0 spiro atoms. The molecule has 1 aromatic rings. The van der Waals surface area contributed by atoms with Crippen LogP contribution in [-0.2, 0) is 24.1 Å². The Morgan fingerprint density at radius 1 is 1.41 bits per heavy atom. The van der Waals surface area contributed by atoms with Gasteiger partial charge in [-0.15, -0.1) is 0 Å². The van der Waals surface area contributed by atoms with Crippen LogP contribution in [0.1, 0.15) is 37.0 Å². The summed E-state index contributed by atoms with van der Waals surface area (Å²) in [6.07, 6.45) is 4.31. The van der Waals surface area contributed by atoms with E-state index in [9.17, 15) is 4.79 Å². The third kappa shape index (κ3) is 2.51. The minimum atomic E-state index is 0.170. The van der Waals surface area contributed by atoms with E-state index in [0.29, 0.717) is 6.04 Å². The highest BCUT2D eigenvalue weighted by molar-refractivity contribution is 5.73. The first-order valence-corrected chi connectivity index (χ1v) is 6.46. The zero-order valence-electron chi connectivity index (χ0n) is 11.0. The van der Waals surface area contributed by atoms with Crippen LogP contribution in [0.15, 0.2) is 18.2 Å². The number of carbonyl (C=O) groups excluding carboxylic acids is 1. The van der Waals surface area contributed by atoms with Crippen LogP contribution in [0.2, 0.25) is 0 Å². The first-order valence-electron chi connectivity index (χ1n) is 6.46. The number of carbonyl (C=O) groups is 1. The molecule has 1 aromatic carbocycles. The molecule has 92 valence electrons. The molecule has 1 aliphatic carbocycles. The Bertz CT molecular complexity index is 425. The van der Waals surface area contributed by atoms with Crippen molar-refractivity contribution in [1.82, 2.24) is 4.90 Å². The lowest BCUT2D eigenvalue weighted by atomic mass is 9.86. The van der Waals surface area contributed by atoms with Gasteiger partial charge in [-0.05, 0) is 42.4 Å². The lowest BCUT2D eigenvalue weighted by Gasteiger charge is -2.32. The lowest BCUT2D eigenvalue weighted by molar-refractivity contribution is -0.129. The molecule has 2 rings (SSSR count). The Hall–Kier alpha value is -1.31. The van der Waals surface area contributed by atoms with Crippen LogP contribution >= 0.6 is 0 Å². The summed E-state index contributed by atoms with van der Waals surface area (Å²) in [6.45, 7) is 3.84. The lowest BCUT2D eigenvalue weighted by Crippen LogP contribution is -2.39. The van der Waals surface area contributed by atoms with Crippen molar-refractivity contribution in [3.05, 3.63) is 34.9 Å². The molecule has 0 saturated carbocycles. The molecule has 2 heteroatoms. The normalized spacial score (nSPS) is 18.6. The maximum Gasteiger partial charge on any atom is 0.219 e. The highest BCUT2D eigenvalue weighted by Crippen LogP contribution is 2.25. The number of fused-ring (bicyclic) bond motifs is 1. The van der Waals surface area contributed by atoms with Gasteiger partial charge >= 0.3 is 0 Å². The van der Waals surface area contributed by atoms with Crippen molar-refractivity contribution >= 4 is 5.91 Å². The summed E-state index contributed by atoms with van der Waals surface area (Å²) in [7, 11) is 1.92. The fourth-order valence-corrected chi connectivity index (χ4v) is 2.60. The second kappa shape index (κ2) is 4.91. The highest BCUT2D eigenvalue weighted by atomic mass is 16.2. The first kappa shape index (κ1) is 12.2. The van der Waals surface area contributed by atoms with Crippen molar-refractivity contribution in [2.75, 3.05) is 7.05 Å². The quantitative estimate of drug-likeness (QED) is 0.766. The summed E-state index contributed by atoms with van der Waals surface area (Å²) in [6, 6.07) is 7.18. The van der Waals surface area contributed by atoms with Crippen LogP contribution < -0.4 is 0 Å². The van der Waals surface area contributed by atoms with Gasteiger partial charge in [0.15, 0.2) is 0 Å². The number of benzene rings is 1. The van der Waals surface area contributed by atoms with E-state index >= 15 is 0 Å². The molecule has 0 fully saturated rings. The van der Waals surface area contributed by atoms with Gasteiger partial charge in [-0.2, -0.15) is 0 Å². The van der Waals surface area contributed by atoms with Crippen LogP contribution in [0.25, 0.3) is 0 Å². The van der Waals surface area contributed by atoms with Crippen LogP contribution in [0.3, 0.4) is 0 Å². The van der Waals surface area contributed by atoms with Crippen LogP contribution in [0, 0.1) is 0 Å². The van der Waals surface area contributed by atoms with E-state index in [-0.39, 0.29) is 5.91 Å². The topological polar surface area (TPSA) is 20.3 Å². The second-order valence-corrected chi connectivity index (χ2v) is 4.98. The van der Waals surface area contributed by atoms with Crippen molar-refractivity contribution in [3.63, 3.8) is 0 Å². The van der Waals surface area contributed by atoms with E-state index in [1.165, 1.54) is 16.7 Å². The van der Waals surface area contributed by atoms with Crippen molar-refractivity contribution in [1.29, 1.82) is 0 Å². The Balaban J connectivity index is 2.17. The monoisotopic (exact) mass is 231 g/mol. The van der Waals surface area contributed by atoms with E-state index < -0.39 is 0 Å². The molecule has 0 radical (unpaired) electrons. The molecule has 0 N–H and O–H groups in total. The third-order valence-electron chi connectivity index (χ3n) is 3.93. The molecule has 0 bridgehead atoms. The molecule has 0 aliphatic heterocycles. The minimum absolute atomic E-state index is 0.170. The van der Waals surface area contributed by atoms with Gasteiger partial charge in [0.05, 0.1) is 0 Å². The average Bonchev–Trinajstić information content (AvgIpc) is 2.36. The second-order valence-electron chi connectivity index (χ2n) is 4.98. The number of rotatable bonds is 2. The minimum Gasteiger partial charge on any atom is -0.343 e. The number of nitrogens with zero attached hydrogens (tertiary/aromatic N) is 1. The van der Waals surface area contributed by atoms with Crippen molar-refractivity contribution in [3.8, 4) is 0 Å². The van der Waals surface area contributed by atoms with Gasteiger partial charge in [0.1, 0.15) is 0 Å². The largest absolute Gasteiger partial charge is 0.343 e. The zero-order chi connectivity index (χ0) is 12.4. The van der Waals surface area contributed by atoms with Gasteiger partial charge in [-0.25, -0.2) is 0 Å². The predicted molar refractivity (Wildman–Crippen MR) is 70.1 cm³/mol. The summed E-state index contributed by atoms with van der Waals surface area (Å²) in [5, 5.41) is 0. The number of amides is 1. The summed E-state index contributed by atoms with van der Waals surface area (Å²) in [4.78, 5) is 13.3. The average molecular weight is 231 g/mol. The summed E-state index contributed by atoms with van der Waals surface area (Å²) < 4.78 is 0. The maximum atomic E-state index is 11.4. The Kier molecular flexibility index (Phi) is 3.51. The molecule has 1 atom stereocenters. The molecule has 0 saturated heterocycles. The molecule has 1 aliphatic rings. The van der Waals surface area contributed by atoms with Crippen LogP contribution in [0.5, 0.6) is 0 Å². The molecule has 1 unspecified atom stereocenters. The molecule has 0 heterocycles. The number of hydrogen-bond donors (Lipinski definition) is 0. The first-order chi connectivity index (χ1) is 8.11. The number of hydrogen-bond acceptors (Lipinski definition) is 1. The maximum absolute atomic E-state index is 11.4. The molecular formula is C15H21NO. The van der Waals surface area contributed by atoms with E-state index in [2.05, 4.69) is 25.1 Å². The van der Waals surface area contributed by atoms with Gasteiger partial charge in [0, 0.05) is 20.0 Å². The number of aryl methyl sites for hydroxylation is 2. The van der Waals surface area contributed by atoms with E-state index in [1.807, 2.05) is 11.9 Å². The molecule has 17 heavy (non-hydrogen) atoms. The fourth-order valence-electron chi connectivity index (χ4n) is 2.60. The van der Waals surface area contributed by atoms with Gasteiger partial charge in [-0.3, -0.25) is 4.79 Å². The molecule has 1 amide bonds. The van der Waals surface area contributed by atoms with Gasteiger partial charge < -0.3 is 4.90 Å². The van der Waals surface area contributed by atoms with E-state index in [1.54, 1.807) is 6.92 Å². The molecule has 0 aromatic heterocycles. The Morgan fingerprint density at radius 3 is 2.82 bits per heavy atom. The van der Waals surface area contributed by atoms with Crippen LogP contribution in [-0.4, -0.2) is 23.9 Å². The van der Waals surface area contributed by atoms with Crippen molar-refractivity contribution in [2.45, 2.75) is 45.6 Å². The number of likely N-dealkylation sites (N-methyl/N-ethyl adjacent to an activating group) is 1. The summed E-state index contributed by atoms with van der Waals surface area (Å²) in [5.74, 6) is 0.170. The van der Waals surface area contributed by atoms with Gasteiger partial charge in [0.25, 0.3) is 0 Å². The third-order valence-corrected chi connectivity index (χ3v) is 3.93. The highest BCUT2D eigenvalue weighted by Gasteiger charge is 2.23. The SMILES string of the molecule is CCc1ccc2c(c1)CCC(N(C)C(C)=O)C2. The van der Waals surface area contributed by atoms with Gasteiger partial charge in [0.2, 0.25) is 5.91 Å². The summed E-state index contributed by atoms with van der Waals surface area (Å²) in [5.41, 5.74) is 4.33. The van der Waals surface area contributed by atoms with Crippen molar-refractivity contribution < 1.29 is 4.79 Å². The van der Waals surface area contributed by atoms with E-state index in [0.717, 1.165) is 25.7 Å². The van der Waals surface area contributed by atoms with E-state index in [4.69, 9.17) is 0 Å². The standard InChI is InChI=1S/C15H21NO/c1-4-12-5-6-14-10-15(16(3)11(2)17)8-7-13(14)9-12/h5-6,9,15H,4,7-8,10H2,1-3H3. The zero-order valence-corrected chi connectivity index (χ0v) is 11.0.